The molecule has 0 amide bonds. The fraction of sp³-hybridized carbons (Fsp3) is 0. The lowest BCUT2D eigenvalue weighted by Crippen LogP contribution is -1.76. The molecule has 3 heteroatoms. The lowest BCUT2D eigenvalue weighted by molar-refractivity contribution is 1.67. The number of rotatable bonds is 2. The van der Waals surface area contributed by atoms with Crippen molar-refractivity contribution in [3.05, 3.63) is 63.8 Å². The van der Waals surface area contributed by atoms with Crippen LogP contribution in [0.15, 0.2) is 60.7 Å². The summed E-state index contributed by atoms with van der Waals surface area (Å²) >= 11 is 8.75. The van der Waals surface area contributed by atoms with Crippen molar-refractivity contribution in [1.82, 2.24) is 0 Å². The summed E-state index contributed by atoms with van der Waals surface area (Å²) in [5.41, 5.74) is 2.49. The average molecular weight is 286 g/mol. The monoisotopic (exact) mass is 286 g/mol. The third-order valence-electron chi connectivity index (χ3n) is 2.65. The molecule has 0 atom stereocenters. The van der Waals surface area contributed by atoms with Crippen LogP contribution < -0.4 is 0 Å². The van der Waals surface area contributed by atoms with Crippen LogP contribution in [-0.4, -0.2) is 0 Å². The summed E-state index contributed by atoms with van der Waals surface area (Å²) in [5.74, 6) is 0. The van der Waals surface area contributed by atoms with Gasteiger partial charge < -0.3 is 0 Å². The van der Waals surface area contributed by atoms with Crippen LogP contribution in [0.4, 0.5) is 0 Å². The Labute approximate surface area is 119 Å². The van der Waals surface area contributed by atoms with E-state index in [1.807, 2.05) is 12.1 Å². The highest BCUT2D eigenvalue weighted by Gasteiger charge is 2.10. The van der Waals surface area contributed by atoms with Crippen LogP contribution in [0.3, 0.4) is 0 Å². The molecule has 88 valence electrons. The van der Waals surface area contributed by atoms with Gasteiger partial charge in [0, 0.05) is 0 Å². The maximum absolute atomic E-state index is 5.36. The normalized spacial score (nSPS) is 10.4. The van der Waals surface area contributed by atoms with Gasteiger partial charge in [0.25, 0.3) is 0 Å². The predicted octanol–water partition coefficient (Wildman–Crippen LogP) is 5.87. The Kier molecular flexibility index (Phi) is 3.37. The van der Waals surface area contributed by atoms with Gasteiger partial charge in [0.05, 0.1) is 9.75 Å². The van der Waals surface area contributed by atoms with Crippen molar-refractivity contribution in [3.63, 3.8) is 0 Å². The minimum absolute atomic E-state index is 0.979. The Morgan fingerprint density at radius 3 is 1.39 bits per heavy atom. The van der Waals surface area contributed by atoms with Crippen LogP contribution in [0.25, 0.3) is 20.9 Å². The van der Waals surface area contributed by atoms with Gasteiger partial charge in [0.15, 0.2) is 0 Å². The summed E-state index contributed by atoms with van der Waals surface area (Å²) in [5, 5.41) is 0. The summed E-state index contributed by atoms with van der Waals surface area (Å²) in [6.07, 6.45) is 0. The molecule has 0 aliphatic rings. The summed E-state index contributed by atoms with van der Waals surface area (Å²) in [6.45, 7) is 0. The first-order chi connectivity index (χ1) is 8.84. The molecule has 3 rings (SSSR count). The zero-order chi connectivity index (χ0) is 12.4. The minimum atomic E-state index is 0.979. The van der Waals surface area contributed by atoms with Gasteiger partial charge in [-0.1, -0.05) is 72.9 Å². The maximum atomic E-state index is 5.36. The third-order valence-corrected chi connectivity index (χ3v) is 5.40. The first kappa shape index (κ1) is 11.8. The molecule has 0 radical (unpaired) electrons. The lowest BCUT2D eigenvalue weighted by Gasteiger charge is -2.02. The number of hydrogen-bond donors (Lipinski definition) is 0. The Morgan fingerprint density at radius 2 is 1.00 bits per heavy atom. The highest BCUT2D eigenvalue weighted by molar-refractivity contribution is 7.76. The van der Waals surface area contributed by atoms with Crippen molar-refractivity contribution in [2.75, 3.05) is 0 Å². The fourth-order valence-electron chi connectivity index (χ4n) is 1.84. The van der Waals surface area contributed by atoms with Gasteiger partial charge in [-0.2, -0.15) is 0 Å². The average Bonchev–Trinajstić information content (AvgIpc) is 2.83. The molecule has 1 heterocycles. The van der Waals surface area contributed by atoms with Gasteiger partial charge in [-0.15, -0.1) is 22.7 Å². The quantitative estimate of drug-likeness (QED) is 0.531. The molecule has 0 N–H and O–H groups in total. The highest BCUT2D eigenvalue weighted by atomic mass is 32.2. The standard InChI is InChI=1S/C15H10S3/c16-15-17-13(11-7-3-1-4-8-11)14(18-15)12-9-5-2-6-10-12/h1-10H. The van der Waals surface area contributed by atoms with E-state index in [1.165, 1.54) is 20.9 Å². The second-order valence-electron chi connectivity index (χ2n) is 3.84. The minimum Gasteiger partial charge on any atom is -0.112 e. The predicted molar refractivity (Wildman–Crippen MR) is 83.9 cm³/mol. The molecule has 0 saturated heterocycles. The molecule has 0 aliphatic heterocycles. The van der Waals surface area contributed by atoms with Crippen LogP contribution in [0.5, 0.6) is 0 Å². The van der Waals surface area contributed by atoms with Gasteiger partial charge >= 0.3 is 0 Å². The lowest BCUT2D eigenvalue weighted by atomic mass is 10.1. The molecule has 0 nitrogen and oxygen atoms in total. The maximum Gasteiger partial charge on any atom is 0.144 e. The summed E-state index contributed by atoms with van der Waals surface area (Å²) < 4.78 is 0.979. The second-order valence-corrected chi connectivity index (χ2v) is 7.07. The van der Waals surface area contributed by atoms with E-state index in [0.29, 0.717) is 0 Å². The van der Waals surface area contributed by atoms with Gasteiger partial charge in [-0.3, -0.25) is 0 Å². The number of hydrogen-bond acceptors (Lipinski definition) is 3. The van der Waals surface area contributed by atoms with Crippen molar-refractivity contribution in [2.45, 2.75) is 0 Å². The van der Waals surface area contributed by atoms with E-state index >= 15 is 0 Å². The van der Waals surface area contributed by atoms with Crippen LogP contribution in [0.2, 0.25) is 0 Å². The summed E-state index contributed by atoms with van der Waals surface area (Å²) in [4.78, 5) is 2.55. The van der Waals surface area contributed by atoms with E-state index in [9.17, 15) is 0 Å². The van der Waals surface area contributed by atoms with E-state index in [-0.39, 0.29) is 0 Å². The van der Waals surface area contributed by atoms with Gasteiger partial charge in [-0.25, -0.2) is 0 Å². The molecule has 3 aromatic rings. The van der Waals surface area contributed by atoms with E-state index in [0.717, 1.165) is 3.14 Å². The van der Waals surface area contributed by atoms with Crippen molar-refractivity contribution < 1.29 is 0 Å². The molecule has 2 aromatic carbocycles. The largest absolute Gasteiger partial charge is 0.144 e. The van der Waals surface area contributed by atoms with E-state index in [4.69, 9.17) is 12.2 Å². The summed E-state index contributed by atoms with van der Waals surface area (Å²) in [7, 11) is 0. The molecule has 0 bridgehead atoms. The van der Waals surface area contributed by atoms with E-state index in [1.54, 1.807) is 22.7 Å². The van der Waals surface area contributed by atoms with Gasteiger partial charge in [-0.05, 0) is 11.1 Å². The van der Waals surface area contributed by atoms with Crippen LogP contribution in [-0.2, 0) is 0 Å². The molecule has 0 aliphatic carbocycles. The van der Waals surface area contributed by atoms with Crippen LogP contribution >= 0.6 is 34.9 Å². The smallest absolute Gasteiger partial charge is 0.112 e. The first-order valence-electron chi connectivity index (χ1n) is 5.59. The van der Waals surface area contributed by atoms with Gasteiger partial charge in [0.1, 0.15) is 3.14 Å². The number of benzene rings is 2. The molecule has 1 aromatic heterocycles. The van der Waals surface area contributed by atoms with Crippen molar-refractivity contribution in [2.24, 2.45) is 0 Å². The molecule has 0 spiro atoms. The van der Waals surface area contributed by atoms with E-state index in [2.05, 4.69) is 48.5 Å². The molecular formula is C15H10S3. The Balaban J connectivity index is 2.21. The van der Waals surface area contributed by atoms with Crippen LogP contribution in [0, 0.1) is 3.14 Å². The molecular weight excluding hydrogens is 276 g/mol. The molecule has 0 unspecified atom stereocenters. The molecule has 0 fully saturated rings. The second kappa shape index (κ2) is 5.14. The third kappa shape index (κ3) is 2.29. The topological polar surface area (TPSA) is 0 Å². The van der Waals surface area contributed by atoms with Crippen molar-refractivity contribution in [1.29, 1.82) is 0 Å². The Morgan fingerprint density at radius 1 is 0.611 bits per heavy atom. The van der Waals surface area contributed by atoms with Crippen molar-refractivity contribution in [3.8, 4) is 20.9 Å². The fourth-order valence-corrected chi connectivity index (χ4v) is 4.52. The van der Waals surface area contributed by atoms with Crippen molar-refractivity contribution >= 4 is 34.9 Å². The zero-order valence-corrected chi connectivity index (χ0v) is 11.9. The highest BCUT2D eigenvalue weighted by Crippen LogP contribution is 2.41. The van der Waals surface area contributed by atoms with Gasteiger partial charge in [0.2, 0.25) is 0 Å². The Bertz CT molecular complexity index is 633. The molecule has 0 saturated carbocycles. The van der Waals surface area contributed by atoms with E-state index < -0.39 is 0 Å². The SMILES string of the molecule is S=c1sc(-c2ccccc2)c(-c2ccccc2)s1. The van der Waals surface area contributed by atoms with Crippen LogP contribution in [0.1, 0.15) is 0 Å². The zero-order valence-electron chi connectivity index (χ0n) is 9.50. The molecule has 18 heavy (non-hydrogen) atoms. The first-order valence-corrected chi connectivity index (χ1v) is 7.63. The Hall–Kier alpha value is -1.29. The summed E-state index contributed by atoms with van der Waals surface area (Å²) in [6, 6.07) is 20.9.